The molecule has 4 rings (SSSR count). The lowest BCUT2D eigenvalue weighted by atomic mass is 10.0. The zero-order valence-corrected chi connectivity index (χ0v) is 15.8. The molecule has 8 nitrogen and oxygen atoms in total. The molecule has 2 fully saturated rings. The van der Waals surface area contributed by atoms with Crippen molar-refractivity contribution in [2.24, 2.45) is 5.92 Å². The molecule has 1 aromatic rings. The molecule has 1 aromatic carbocycles. The van der Waals surface area contributed by atoms with E-state index in [9.17, 15) is 19.2 Å². The van der Waals surface area contributed by atoms with Crippen molar-refractivity contribution in [1.29, 1.82) is 0 Å². The van der Waals surface area contributed by atoms with Crippen LogP contribution in [0.1, 0.15) is 52.5 Å². The predicted molar refractivity (Wildman–Crippen MR) is 100 cm³/mol. The van der Waals surface area contributed by atoms with Crippen LogP contribution >= 0.6 is 0 Å². The zero-order chi connectivity index (χ0) is 19.8. The van der Waals surface area contributed by atoms with Gasteiger partial charge in [-0.2, -0.15) is 0 Å². The summed E-state index contributed by atoms with van der Waals surface area (Å²) in [5, 5.41) is 9.07. The molecular formula is C20H24N4O4. The number of nitrogens with one attached hydrogen (secondary N) is 3. The first kappa shape index (κ1) is 18.8. The Morgan fingerprint density at radius 3 is 2.61 bits per heavy atom. The predicted octanol–water partition coefficient (Wildman–Crippen LogP) is 0.175. The third-order valence-corrected chi connectivity index (χ3v) is 5.89. The van der Waals surface area contributed by atoms with Crippen LogP contribution < -0.4 is 16.0 Å². The second kappa shape index (κ2) is 7.44. The minimum absolute atomic E-state index is 0.118. The van der Waals surface area contributed by atoms with Crippen LogP contribution in [0, 0.1) is 5.92 Å². The molecule has 3 aliphatic heterocycles. The summed E-state index contributed by atoms with van der Waals surface area (Å²) in [5.74, 6) is -1.28. The van der Waals surface area contributed by atoms with Crippen LogP contribution in [0.2, 0.25) is 0 Å². The van der Waals surface area contributed by atoms with Crippen LogP contribution in [0.4, 0.5) is 0 Å². The van der Waals surface area contributed by atoms with E-state index >= 15 is 0 Å². The Morgan fingerprint density at radius 1 is 1.11 bits per heavy atom. The van der Waals surface area contributed by atoms with Gasteiger partial charge in [-0.1, -0.05) is 13.0 Å². The summed E-state index contributed by atoms with van der Waals surface area (Å²) in [5.41, 5.74) is 1.54. The molecule has 3 aliphatic rings. The van der Waals surface area contributed by atoms with Gasteiger partial charge in [0, 0.05) is 25.6 Å². The Hall–Kier alpha value is -2.58. The van der Waals surface area contributed by atoms with Gasteiger partial charge in [-0.3, -0.25) is 29.4 Å². The van der Waals surface area contributed by atoms with E-state index in [2.05, 4.69) is 22.9 Å². The molecule has 3 N–H and O–H groups in total. The zero-order valence-electron chi connectivity index (χ0n) is 15.8. The highest BCUT2D eigenvalue weighted by atomic mass is 16.2. The molecule has 0 aliphatic carbocycles. The van der Waals surface area contributed by atoms with Gasteiger partial charge in [0.1, 0.15) is 6.04 Å². The lowest BCUT2D eigenvalue weighted by molar-refractivity contribution is -0.136. The van der Waals surface area contributed by atoms with Gasteiger partial charge in [0.05, 0.1) is 11.1 Å². The Kier molecular flexibility index (Phi) is 4.99. The van der Waals surface area contributed by atoms with Crippen molar-refractivity contribution >= 4 is 23.6 Å². The van der Waals surface area contributed by atoms with Crippen LogP contribution in [-0.2, 0) is 16.1 Å². The normalized spacial score (nSPS) is 27.3. The molecule has 3 atom stereocenters. The maximum absolute atomic E-state index is 12.8. The summed E-state index contributed by atoms with van der Waals surface area (Å²) in [6.07, 6.45) is 1.46. The largest absolute Gasteiger partial charge is 0.312 e. The molecule has 28 heavy (non-hydrogen) atoms. The summed E-state index contributed by atoms with van der Waals surface area (Å²) in [4.78, 5) is 49.9. The molecule has 3 heterocycles. The van der Waals surface area contributed by atoms with E-state index in [1.807, 2.05) is 6.07 Å². The number of imide groups is 2. The van der Waals surface area contributed by atoms with E-state index < -0.39 is 23.8 Å². The van der Waals surface area contributed by atoms with Gasteiger partial charge in [-0.15, -0.1) is 0 Å². The minimum Gasteiger partial charge on any atom is -0.312 e. The number of amides is 4. The van der Waals surface area contributed by atoms with Gasteiger partial charge in [-0.05, 0) is 43.0 Å². The minimum atomic E-state index is -0.929. The maximum Gasteiger partial charge on any atom is 0.262 e. The highest BCUT2D eigenvalue weighted by Gasteiger charge is 2.44. The molecular weight excluding hydrogens is 360 g/mol. The van der Waals surface area contributed by atoms with Crippen molar-refractivity contribution in [2.75, 3.05) is 13.1 Å². The molecule has 148 valence electrons. The number of piperidine rings is 1. The Balaban J connectivity index is 1.45. The highest BCUT2D eigenvalue weighted by Crippen LogP contribution is 2.28. The number of benzene rings is 1. The smallest absolute Gasteiger partial charge is 0.262 e. The van der Waals surface area contributed by atoms with Crippen molar-refractivity contribution in [3.05, 3.63) is 34.9 Å². The van der Waals surface area contributed by atoms with Crippen molar-refractivity contribution in [3.8, 4) is 0 Å². The maximum atomic E-state index is 12.8. The van der Waals surface area contributed by atoms with E-state index in [0.29, 0.717) is 29.6 Å². The Labute approximate surface area is 163 Å². The Bertz CT molecular complexity index is 853. The average molecular weight is 384 g/mol. The lowest BCUT2D eigenvalue weighted by Gasteiger charge is -2.27. The second-order valence-electron chi connectivity index (χ2n) is 7.78. The summed E-state index contributed by atoms with van der Waals surface area (Å²) in [6, 6.07) is 4.72. The molecule has 2 saturated heterocycles. The molecule has 0 spiro atoms. The van der Waals surface area contributed by atoms with Crippen LogP contribution in [0.15, 0.2) is 18.2 Å². The number of nitrogens with zero attached hydrogens (tertiary/aromatic N) is 1. The first-order valence-electron chi connectivity index (χ1n) is 9.74. The van der Waals surface area contributed by atoms with E-state index in [1.54, 1.807) is 12.1 Å². The number of fused-ring (bicyclic) bond motifs is 1. The summed E-state index contributed by atoms with van der Waals surface area (Å²) < 4.78 is 0. The number of carbonyl (C=O) groups excluding carboxylic acids is 4. The first-order valence-corrected chi connectivity index (χ1v) is 9.74. The van der Waals surface area contributed by atoms with E-state index in [4.69, 9.17) is 0 Å². The number of hydrogen-bond acceptors (Lipinski definition) is 6. The summed E-state index contributed by atoms with van der Waals surface area (Å²) in [7, 11) is 0. The highest BCUT2D eigenvalue weighted by molar-refractivity contribution is 6.23. The van der Waals surface area contributed by atoms with E-state index in [-0.39, 0.29) is 18.7 Å². The number of hydrogen-bond donors (Lipinski definition) is 3. The van der Waals surface area contributed by atoms with Crippen LogP contribution in [0.3, 0.4) is 0 Å². The molecule has 0 saturated carbocycles. The second-order valence-corrected chi connectivity index (χ2v) is 7.78. The molecule has 0 aromatic heterocycles. The number of carbonyl (C=O) groups is 4. The van der Waals surface area contributed by atoms with Gasteiger partial charge < -0.3 is 10.6 Å². The lowest BCUT2D eigenvalue weighted by Crippen LogP contribution is -2.54. The third-order valence-electron chi connectivity index (χ3n) is 5.89. The molecule has 0 bridgehead atoms. The third kappa shape index (κ3) is 3.33. The SMILES string of the molecule is CC1CCNC1CNCc1ccc2c(c1)C(=O)N(C1CCC(=O)NC1=O)C2=O. The fraction of sp³-hybridized carbons (Fsp3) is 0.500. The molecule has 4 amide bonds. The van der Waals surface area contributed by atoms with E-state index in [1.165, 1.54) is 6.42 Å². The average Bonchev–Trinajstić information content (AvgIpc) is 3.17. The van der Waals surface area contributed by atoms with Gasteiger partial charge in [0.2, 0.25) is 11.8 Å². The number of rotatable bonds is 5. The fourth-order valence-electron chi connectivity index (χ4n) is 4.17. The Morgan fingerprint density at radius 2 is 1.89 bits per heavy atom. The van der Waals surface area contributed by atoms with Gasteiger partial charge in [0.25, 0.3) is 11.8 Å². The summed E-state index contributed by atoms with van der Waals surface area (Å²) >= 11 is 0. The molecule has 8 heteroatoms. The monoisotopic (exact) mass is 384 g/mol. The molecule has 0 radical (unpaired) electrons. The van der Waals surface area contributed by atoms with Gasteiger partial charge in [0.15, 0.2) is 0 Å². The van der Waals surface area contributed by atoms with Crippen LogP contribution in [0.5, 0.6) is 0 Å². The summed E-state index contributed by atoms with van der Waals surface area (Å²) in [6.45, 7) is 4.71. The van der Waals surface area contributed by atoms with Crippen molar-refractivity contribution in [3.63, 3.8) is 0 Å². The molecule has 3 unspecified atom stereocenters. The van der Waals surface area contributed by atoms with Crippen LogP contribution in [-0.4, -0.2) is 53.7 Å². The van der Waals surface area contributed by atoms with Crippen molar-refractivity contribution in [1.82, 2.24) is 20.9 Å². The topological polar surface area (TPSA) is 108 Å². The van der Waals surface area contributed by atoms with Gasteiger partial charge >= 0.3 is 0 Å². The van der Waals surface area contributed by atoms with E-state index in [0.717, 1.165) is 23.6 Å². The quantitative estimate of drug-likeness (QED) is 0.625. The first-order chi connectivity index (χ1) is 13.5. The van der Waals surface area contributed by atoms with Crippen molar-refractivity contribution < 1.29 is 19.2 Å². The fourth-order valence-corrected chi connectivity index (χ4v) is 4.17. The standard InChI is InChI=1S/C20H24N4O4/c1-11-6-7-22-15(11)10-21-9-12-2-3-13-14(8-12)20(28)24(19(13)27)16-4-5-17(25)23-18(16)26/h2-3,8,11,15-16,21-22H,4-7,9-10H2,1H3,(H,23,25,26). The van der Waals surface area contributed by atoms with Crippen LogP contribution in [0.25, 0.3) is 0 Å². The van der Waals surface area contributed by atoms with Gasteiger partial charge in [-0.25, -0.2) is 0 Å². The van der Waals surface area contributed by atoms with Crippen molar-refractivity contribution in [2.45, 2.75) is 44.8 Å².